The van der Waals surface area contributed by atoms with Crippen molar-refractivity contribution in [1.29, 1.82) is 0 Å². The lowest BCUT2D eigenvalue weighted by Gasteiger charge is -2.35. The average molecular weight is 520 g/mol. The number of benzene rings is 2. The Bertz CT molecular complexity index is 1230. The van der Waals surface area contributed by atoms with Crippen LogP contribution in [0.15, 0.2) is 57.9 Å². The molecule has 1 aliphatic heterocycles. The number of sulfonamides is 1. The van der Waals surface area contributed by atoms with E-state index < -0.39 is 10.0 Å². The summed E-state index contributed by atoms with van der Waals surface area (Å²) in [6, 6.07) is 13.6. The third-order valence-corrected chi connectivity index (χ3v) is 6.90. The Balaban J connectivity index is 1.66. The van der Waals surface area contributed by atoms with Crippen LogP contribution in [0.25, 0.3) is 11.0 Å². The molecule has 1 N–H and O–H groups in total. The van der Waals surface area contributed by atoms with Gasteiger partial charge in [0.15, 0.2) is 11.6 Å². The molecule has 11 heteroatoms. The minimum Gasteiger partial charge on any atom is -0.450 e. The van der Waals surface area contributed by atoms with Gasteiger partial charge in [0, 0.05) is 30.7 Å². The lowest BCUT2D eigenvalue weighted by Crippen LogP contribution is -2.49. The second kappa shape index (κ2) is 9.29. The number of para-hydroxylation sites is 2. The van der Waals surface area contributed by atoms with E-state index in [0.29, 0.717) is 49.6 Å². The number of piperazine rings is 1. The molecule has 1 saturated heterocycles. The van der Waals surface area contributed by atoms with Crippen molar-refractivity contribution in [3.8, 4) is 0 Å². The maximum absolute atomic E-state index is 13.0. The van der Waals surface area contributed by atoms with Crippen LogP contribution in [0.5, 0.6) is 0 Å². The maximum Gasteiger partial charge on any atom is 0.409 e. The molecule has 1 fully saturated rings. The van der Waals surface area contributed by atoms with Gasteiger partial charge >= 0.3 is 6.09 Å². The number of ether oxygens (including phenoxy) is 1. The van der Waals surface area contributed by atoms with Crippen molar-refractivity contribution in [2.24, 2.45) is 0 Å². The number of amides is 1. The van der Waals surface area contributed by atoms with E-state index in [9.17, 15) is 13.2 Å². The molecule has 0 spiro atoms. The van der Waals surface area contributed by atoms with Crippen molar-refractivity contribution in [2.45, 2.75) is 11.8 Å². The van der Waals surface area contributed by atoms with E-state index in [0.717, 1.165) is 4.47 Å². The summed E-state index contributed by atoms with van der Waals surface area (Å²) in [6.45, 7) is 3.90. The van der Waals surface area contributed by atoms with Gasteiger partial charge in [0.05, 0.1) is 22.5 Å². The maximum atomic E-state index is 13.0. The number of hydrogen-bond donors (Lipinski definition) is 1. The van der Waals surface area contributed by atoms with Crippen LogP contribution in [0.1, 0.15) is 6.92 Å². The molecule has 0 atom stereocenters. The van der Waals surface area contributed by atoms with Crippen molar-refractivity contribution < 1.29 is 17.9 Å². The monoisotopic (exact) mass is 519 g/mol. The van der Waals surface area contributed by atoms with Crippen molar-refractivity contribution in [3.05, 3.63) is 53.0 Å². The molecule has 3 aromatic rings. The van der Waals surface area contributed by atoms with Gasteiger partial charge in [-0.15, -0.1) is 0 Å². The van der Waals surface area contributed by atoms with Crippen molar-refractivity contribution in [2.75, 3.05) is 42.4 Å². The molecule has 4 rings (SSSR count). The predicted molar refractivity (Wildman–Crippen MR) is 125 cm³/mol. The largest absolute Gasteiger partial charge is 0.450 e. The lowest BCUT2D eigenvalue weighted by molar-refractivity contribution is 0.105. The SMILES string of the molecule is CCOC(=O)N1CCN(c2nc3ccccc3nc2NS(=O)(=O)c2ccc(Br)cc2)CC1. The molecule has 0 unspecified atom stereocenters. The van der Waals surface area contributed by atoms with E-state index in [1.54, 1.807) is 30.0 Å². The molecule has 0 saturated carbocycles. The Morgan fingerprint density at radius 3 is 2.28 bits per heavy atom. The molecule has 0 bridgehead atoms. The molecule has 0 aliphatic carbocycles. The van der Waals surface area contributed by atoms with Crippen LogP contribution in [0.2, 0.25) is 0 Å². The van der Waals surface area contributed by atoms with Gasteiger partial charge in [0.2, 0.25) is 0 Å². The van der Waals surface area contributed by atoms with Crippen LogP contribution in [-0.4, -0.2) is 62.2 Å². The van der Waals surface area contributed by atoms with Gasteiger partial charge in [0.1, 0.15) is 0 Å². The number of carbonyl (C=O) groups is 1. The van der Waals surface area contributed by atoms with Gasteiger partial charge in [-0.25, -0.2) is 23.2 Å². The van der Waals surface area contributed by atoms with Crippen LogP contribution in [0.4, 0.5) is 16.4 Å². The van der Waals surface area contributed by atoms with E-state index in [1.807, 2.05) is 23.1 Å². The zero-order valence-corrected chi connectivity index (χ0v) is 19.8. The molecule has 1 aromatic heterocycles. The van der Waals surface area contributed by atoms with Crippen molar-refractivity contribution in [1.82, 2.24) is 14.9 Å². The number of nitrogens with one attached hydrogen (secondary N) is 1. The van der Waals surface area contributed by atoms with Crippen LogP contribution in [0, 0.1) is 0 Å². The molecule has 1 amide bonds. The molecule has 0 radical (unpaired) electrons. The van der Waals surface area contributed by atoms with E-state index in [-0.39, 0.29) is 16.8 Å². The Labute approximate surface area is 194 Å². The van der Waals surface area contributed by atoms with E-state index in [2.05, 4.69) is 25.6 Å². The van der Waals surface area contributed by atoms with Gasteiger partial charge in [-0.3, -0.25) is 4.72 Å². The Morgan fingerprint density at radius 1 is 1.03 bits per heavy atom. The van der Waals surface area contributed by atoms with Crippen LogP contribution in [-0.2, 0) is 14.8 Å². The highest BCUT2D eigenvalue weighted by Crippen LogP contribution is 2.28. The minimum atomic E-state index is -3.88. The number of halogens is 1. The predicted octanol–water partition coefficient (Wildman–Crippen LogP) is 3.47. The summed E-state index contributed by atoms with van der Waals surface area (Å²) < 4.78 is 34.5. The normalized spacial score (nSPS) is 14.4. The number of anilines is 2. The Hall–Kier alpha value is -2.92. The molecule has 1 aliphatic rings. The highest BCUT2D eigenvalue weighted by Gasteiger charge is 2.27. The quantitative estimate of drug-likeness (QED) is 0.550. The summed E-state index contributed by atoms with van der Waals surface area (Å²) in [5, 5.41) is 0. The summed E-state index contributed by atoms with van der Waals surface area (Å²) in [7, 11) is -3.88. The fraction of sp³-hybridized carbons (Fsp3) is 0.286. The topological polar surface area (TPSA) is 105 Å². The minimum absolute atomic E-state index is 0.119. The van der Waals surface area contributed by atoms with Gasteiger partial charge in [-0.1, -0.05) is 28.1 Å². The van der Waals surface area contributed by atoms with Gasteiger partial charge in [-0.05, 0) is 43.3 Å². The first-order valence-electron chi connectivity index (χ1n) is 10.1. The highest BCUT2D eigenvalue weighted by atomic mass is 79.9. The summed E-state index contributed by atoms with van der Waals surface area (Å²) >= 11 is 3.31. The van der Waals surface area contributed by atoms with E-state index >= 15 is 0 Å². The van der Waals surface area contributed by atoms with Gasteiger partial charge in [0.25, 0.3) is 10.0 Å². The smallest absolute Gasteiger partial charge is 0.409 e. The molecule has 2 heterocycles. The van der Waals surface area contributed by atoms with Gasteiger partial charge in [-0.2, -0.15) is 0 Å². The van der Waals surface area contributed by atoms with Crippen molar-refractivity contribution >= 4 is 54.7 Å². The third-order valence-electron chi connectivity index (χ3n) is 5.01. The first-order chi connectivity index (χ1) is 15.4. The fourth-order valence-electron chi connectivity index (χ4n) is 3.40. The van der Waals surface area contributed by atoms with Crippen LogP contribution >= 0.6 is 15.9 Å². The number of hydrogen-bond acceptors (Lipinski definition) is 7. The molecule has 2 aromatic carbocycles. The number of rotatable bonds is 5. The van der Waals surface area contributed by atoms with Crippen LogP contribution in [0.3, 0.4) is 0 Å². The second-order valence-corrected chi connectivity index (χ2v) is 9.72. The number of aromatic nitrogens is 2. The van der Waals surface area contributed by atoms with E-state index in [1.165, 1.54) is 12.1 Å². The highest BCUT2D eigenvalue weighted by molar-refractivity contribution is 9.10. The molecular formula is C21H22BrN5O4S. The standard InChI is InChI=1S/C21H22BrN5O4S/c1-2-31-21(28)27-13-11-26(12-14-27)20-19(23-17-5-3-4-6-18(17)24-20)25-32(29,30)16-9-7-15(22)8-10-16/h3-10H,2,11-14H2,1H3,(H,23,25). The summed E-state index contributed by atoms with van der Waals surface area (Å²) in [5.41, 5.74) is 1.23. The van der Waals surface area contributed by atoms with Crippen LogP contribution < -0.4 is 9.62 Å². The number of fused-ring (bicyclic) bond motifs is 1. The van der Waals surface area contributed by atoms with E-state index in [4.69, 9.17) is 9.72 Å². The molecular weight excluding hydrogens is 498 g/mol. The second-order valence-electron chi connectivity index (χ2n) is 7.12. The fourth-order valence-corrected chi connectivity index (χ4v) is 4.66. The molecule has 9 nitrogen and oxygen atoms in total. The Morgan fingerprint density at radius 2 is 1.66 bits per heavy atom. The number of carbonyl (C=O) groups excluding carboxylic acids is 1. The van der Waals surface area contributed by atoms with Crippen molar-refractivity contribution in [3.63, 3.8) is 0 Å². The number of nitrogens with zero attached hydrogens (tertiary/aromatic N) is 4. The molecule has 32 heavy (non-hydrogen) atoms. The molecule has 168 valence electrons. The third kappa shape index (κ3) is 4.78. The summed E-state index contributed by atoms with van der Waals surface area (Å²) in [5.74, 6) is 0.573. The zero-order valence-electron chi connectivity index (χ0n) is 17.4. The first-order valence-corrected chi connectivity index (χ1v) is 12.4. The lowest BCUT2D eigenvalue weighted by atomic mass is 10.3. The summed E-state index contributed by atoms with van der Waals surface area (Å²) in [4.78, 5) is 24.9. The van der Waals surface area contributed by atoms with Gasteiger partial charge < -0.3 is 14.5 Å². The summed E-state index contributed by atoms with van der Waals surface area (Å²) in [6.07, 6.45) is -0.354. The average Bonchev–Trinajstić information content (AvgIpc) is 2.79. The zero-order chi connectivity index (χ0) is 22.7. The Kier molecular flexibility index (Phi) is 6.47. The first kappa shape index (κ1) is 22.3.